The fourth-order valence-corrected chi connectivity index (χ4v) is 9.81. The molecule has 336 valence electrons. The molecule has 8 aliphatic heterocycles. The minimum atomic E-state index is -1.02. The summed E-state index contributed by atoms with van der Waals surface area (Å²) in [6.45, 7) is 8.89. The van der Waals surface area contributed by atoms with Crippen LogP contribution in [0.25, 0.3) is 0 Å². The van der Waals surface area contributed by atoms with E-state index in [4.69, 9.17) is 5.11 Å². The van der Waals surface area contributed by atoms with E-state index < -0.39 is 59.3 Å². The number of nitrogens with one attached hydrogen (secondary N) is 3. The summed E-state index contributed by atoms with van der Waals surface area (Å²) in [6, 6.07) is 7.93. The molecule has 0 radical (unpaired) electrons. The molecule has 2 aromatic rings. The van der Waals surface area contributed by atoms with Gasteiger partial charge in [0.25, 0.3) is 23.6 Å². The van der Waals surface area contributed by atoms with Crippen molar-refractivity contribution in [1.29, 1.82) is 0 Å². The number of halogens is 1. The molecule has 5 N–H and O–H groups in total. The molecule has 0 aliphatic carbocycles. The molecule has 10 rings (SSSR count). The van der Waals surface area contributed by atoms with Crippen LogP contribution in [-0.2, 0) is 19.2 Å². The molecule has 0 aromatic heterocycles. The van der Waals surface area contributed by atoms with Gasteiger partial charge in [-0.15, -0.1) is 0 Å². The second-order valence-corrected chi connectivity index (χ2v) is 17.5. The molecule has 6 fully saturated rings. The normalized spacial score (nSPS) is 25.1. The van der Waals surface area contributed by atoms with Crippen molar-refractivity contribution in [2.75, 3.05) is 70.5 Å². The van der Waals surface area contributed by atoms with Crippen LogP contribution < -0.4 is 20.9 Å². The quantitative estimate of drug-likeness (QED) is 0.229. The molecule has 6 saturated heterocycles. The Bertz CT molecular complexity index is 2180. The standard InChI is InChI=1S/C22H26N4O5.C13H9FN2O4.C9H18N2O/c27-12-13-10-25(11-13)14-5-7-24(8-6-14)15-1-2-16-17(9-15)22(31)26(21(16)30)18-3-4-19(28)23-20(18)29;14-6-1-2-7-8(5-6)13(20)16(12(7)19)9-3-4-10(17)15-11(9)18;12-7-8-5-11(6-8)9-1-3-10-4-2-9/h1-2,9,13-14,18,27H,3-8,10-12H2,(H,23,28,29);1-2,5,9H,3-4H2,(H,15,17,18);8-10,12H,1-7H2. The van der Waals surface area contributed by atoms with E-state index >= 15 is 0 Å². The van der Waals surface area contributed by atoms with Crippen LogP contribution in [0, 0.1) is 17.7 Å². The van der Waals surface area contributed by atoms with E-state index in [0.29, 0.717) is 35.6 Å². The lowest BCUT2D eigenvalue weighted by Crippen LogP contribution is -2.56. The molecule has 19 heteroatoms. The number of fused-ring (bicyclic) bond motifs is 2. The number of aliphatic hydroxyl groups excluding tert-OH is 2. The highest BCUT2D eigenvalue weighted by molar-refractivity contribution is 6.24. The summed E-state index contributed by atoms with van der Waals surface area (Å²) in [7, 11) is 0. The molecule has 0 bridgehead atoms. The Balaban J connectivity index is 0.000000145. The van der Waals surface area contributed by atoms with Crippen LogP contribution in [0.3, 0.4) is 0 Å². The van der Waals surface area contributed by atoms with Gasteiger partial charge >= 0.3 is 0 Å². The van der Waals surface area contributed by atoms with Gasteiger partial charge in [0.2, 0.25) is 23.6 Å². The second-order valence-electron chi connectivity index (χ2n) is 17.5. The molecule has 2 atom stereocenters. The van der Waals surface area contributed by atoms with E-state index in [2.05, 4.69) is 30.7 Å². The fourth-order valence-electron chi connectivity index (χ4n) is 9.81. The van der Waals surface area contributed by atoms with Crippen molar-refractivity contribution in [3.8, 4) is 0 Å². The van der Waals surface area contributed by atoms with Gasteiger partial charge in [0.1, 0.15) is 17.9 Å². The second kappa shape index (κ2) is 18.7. The van der Waals surface area contributed by atoms with Gasteiger partial charge in [0.15, 0.2) is 0 Å². The summed E-state index contributed by atoms with van der Waals surface area (Å²) in [4.78, 5) is 106. The minimum Gasteiger partial charge on any atom is -0.396 e. The zero-order valence-corrected chi connectivity index (χ0v) is 34.9. The number of imide groups is 4. The number of amides is 8. The third-order valence-electron chi connectivity index (χ3n) is 13.5. The Labute approximate surface area is 363 Å². The Morgan fingerprint density at radius 3 is 1.48 bits per heavy atom. The molecule has 63 heavy (non-hydrogen) atoms. The van der Waals surface area contributed by atoms with E-state index in [-0.39, 0.29) is 49.3 Å². The van der Waals surface area contributed by atoms with Gasteiger partial charge in [-0.05, 0) is 88.0 Å². The fraction of sp³-hybridized carbons (Fsp3) is 0.545. The molecule has 0 saturated carbocycles. The summed E-state index contributed by atoms with van der Waals surface area (Å²) in [5.41, 5.74) is 1.55. The van der Waals surface area contributed by atoms with Gasteiger partial charge in [-0.3, -0.25) is 68.6 Å². The van der Waals surface area contributed by atoms with Crippen LogP contribution in [0.15, 0.2) is 36.4 Å². The molecular formula is C44H53FN8O10. The molecule has 0 spiro atoms. The number of hydrogen-bond donors (Lipinski definition) is 5. The molecule has 8 heterocycles. The van der Waals surface area contributed by atoms with Crippen LogP contribution in [-0.4, -0.2) is 167 Å². The highest BCUT2D eigenvalue weighted by Gasteiger charge is 2.46. The number of nitrogens with zero attached hydrogens (tertiary/aromatic N) is 5. The predicted molar refractivity (Wildman–Crippen MR) is 222 cm³/mol. The van der Waals surface area contributed by atoms with Gasteiger partial charge in [0.05, 0.1) is 22.3 Å². The summed E-state index contributed by atoms with van der Waals surface area (Å²) >= 11 is 0. The maximum Gasteiger partial charge on any atom is 0.262 e. The Morgan fingerprint density at radius 1 is 0.556 bits per heavy atom. The highest BCUT2D eigenvalue weighted by atomic mass is 19.1. The van der Waals surface area contributed by atoms with Crippen LogP contribution in [0.5, 0.6) is 0 Å². The summed E-state index contributed by atoms with van der Waals surface area (Å²) in [6.07, 6.45) is 5.02. The van der Waals surface area contributed by atoms with E-state index in [1.54, 1.807) is 12.1 Å². The predicted octanol–water partition coefficient (Wildman–Crippen LogP) is -0.130. The maximum absolute atomic E-state index is 13.2. The highest BCUT2D eigenvalue weighted by Crippen LogP contribution is 2.33. The lowest BCUT2D eigenvalue weighted by Gasteiger charge is -2.47. The van der Waals surface area contributed by atoms with Crippen molar-refractivity contribution in [1.82, 2.24) is 35.6 Å². The number of rotatable bonds is 7. The van der Waals surface area contributed by atoms with Crippen molar-refractivity contribution in [3.63, 3.8) is 0 Å². The summed E-state index contributed by atoms with van der Waals surface area (Å²) in [5.74, 6) is -4.04. The largest absolute Gasteiger partial charge is 0.396 e. The van der Waals surface area contributed by atoms with Crippen molar-refractivity contribution in [2.24, 2.45) is 11.8 Å². The number of benzene rings is 2. The van der Waals surface area contributed by atoms with Crippen LogP contribution >= 0.6 is 0 Å². The third kappa shape index (κ3) is 9.02. The molecule has 8 aliphatic rings. The Kier molecular flexibility index (Phi) is 13.1. The smallest absolute Gasteiger partial charge is 0.262 e. The van der Waals surface area contributed by atoms with Crippen molar-refractivity contribution in [2.45, 2.75) is 75.5 Å². The van der Waals surface area contributed by atoms with E-state index in [9.17, 15) is 47.9 Å². The van der Waals surface area contributed by atoms with Gasteiger partial charge < -0.3 is 20.4 Å². The molecule has 18 nitrogen and oxygen atoms in total. The van der Waals surface area contributed by atoms with Crippen molar-refractivity contribution >= 4 is 52.9 Å². The first-order valence-electron chi connectivity index (χ1n) is 21.9. The molecular weight excluding hydrogens is 820 g/mol. The monoisotopic (exact) mass is 872 g/mol. The summed E-state index contributed by atoms with van der Waals surface area (Å²) in [5, 5.41) is 25.7. The van der Waals surface area contributed by atoms with Crippen LogP contribution in [0.4, 0.5) is 10.1 Å². The van der Waals surface area contributed by atoms with Gasteiger partial charge in [-0.25, -0.2) is 4.39 Å². The van der Waals surface area contributed by atoms with E-state index in [1.165, 1.54) is 32.0 Å². The van der Waals surface area contributed by atoms with Crippen molar-refractivity contribution < 1.29 is 53.0 Å². The number of piperidine rings is 4. The lowest BCUT2D eigenvalue weighted by atomic mass is 9.93. The Hall–Kier alpha value is -5.47. The van der Waals surface area contributed by atoms with Crippen LogP contribution in [0.1, 0.15) is 92.8 Å². The first kappa shape index (κ1) is 44.1. The van der Waals surface area contributed by atoms with E-state index in [0.717, 1.165) is 85.8 Å². The van der Waals surface area contributed by atoms with Crippen LogP contribution in [0.2, 0.25) is 0 Å². The first-order valence-corrected chi connectivity index (χ1v) is 21.9. The van der Waals surface area contributed by atoms with Crippen molar-refractivity contribution in [3.05, 3.63) is 64.5 Å². The number of anilines is 1. The SMILES string of the molecule is O=C1CCC(N2C(=O)c3ccc(F)cc3C2=O)C(=O)N1.O=C1CCC(N2C(=O)c3ccc(N4CCC(N5CC(CO)C5)CC4)cc3C2=O)C(=O)N1.OCC1CN(C2CCNCC2)C1. The average Bonchev–Trinajstić information content (AvgIpc) is 3.64. The van der Waals surface area contributed by atoms with Gasteiger partial charge in [-0.2, -0.15) is 0 Å². The molecule has 2 unspecified atom stereocenters. The first-order chi connectivity index (χ1) is 30.3. The Morgan fingerprint density at radius 2 is 1.00 bits per heavy atom. The summed E-state index contributed by atoms with van der Waals surface area (Å²) < 4.78 is 13.2. The van der Waals surface area contributed by atoms with E-state index in [1.807, 2.05) is 6.07 Å². The molecule has 2 aromatic carbocycles. The zero-order valence-electron chi connectivity index (χ0n) is 34.9. The molecule has 8 amide bonds. The topological polar surface area (TPSA) is 229 Å². The third-order valence-corrected chi connectivity index (χ3v) is 13.5. The average molecular weight is 873 g/mol. The number of carbonyl (C=O) groups excluding carboxylic acids is 8. The number of carbonyl (C=O) groups is 8. The maximum atomic E-state index is 13.2. The lowest BCUT2D eigenvalue weighted by molar-refractivity contribution is -0.137. The number of hydrogen-bond acceptors (Lipinski definition) is 14. The zero-order chi connectivity index (χ0) is 44.5. The van der Waals surface area contributed by atoms with Gasteiger partial charge in [-0.1, -0.05) is 0 Å². The van der Waals surface area contributed by atoms with Gasteiger partial charge in [0, 0.05) is 94.9 Å². The number of aliphatic hydroxyl groups is 2. The number of likely N-dealkylation sites (tertiary alicyclic amines) is 2. The minimum absolute atomic E-state index is 0.0537.